The monoisotopic (exact) mass is 356 g/mol. The van der Waals surface area contributed by atoms with Gasteiger partial charge < -0.3 is 15.4 Å². The molecular formula is C20H24N2O2S. The van der Waals surface area contributed by atoms with E-state index in [4.69, 9.17) is 17.0 Å². The summed E-state index contributed by atoms with van der Waals surface area (Å²) in [5, 5.41) is 5.94. The molecule has 0 fully saturated rings. The van der Waals surface area contributed by atoms with Crippen LogP contribution in [-0.2, 0) is 11.2 Å². The van der Waals surface area contributed by atoms with Gasteiger partial charge in [-0.1, -0.05) is 44.2 Å². The van der Waals surface area contributed by atoms with Gasteiger partial charge in [-0.25, -0.2) is 0 Å². The lowest BCUT2D eigenvalue weighted by atomic mass is 10.1. The SMILES string of the molecule is CC(C)C(=O)NC(=S)Nc1ccc(OCCCc2ccccc2)cc1. The number of rotatable bonds is 7. The third kappa shape index (κ3) is 6.93. The molecule has 0 atom stereocenters. The fourth-order valence-electron chi connectivity index (χ4n) is 2.16. The predicted molar refractivity (Wildman–Crippen MR) is 106 cm³/mol. The van der Waals surface area contributed by atoms with Crippen molar-refractivity contribution in [2.75, 3.05) is 11.9 Å². The van der Waals surface area contributed by atoms with Crippen molar-refractivity contribution in [3.63, 3.8) is 0 Å². The second-order valence-corrected chi connectivity index (χ2v) is 6.47. The summed E-state index contributed by atoms with van der Waals surface area (Å²) in [7, 11) is 0. The number of carbonyl (C=O) groups excluding carboxylic acids is 1. The van der Waals surface area contributed by atoms with E-state index in [0.717, 1.165) is 24.3 Å². The molecule has 4 nitrogen and oxygen atoms in total. The number of anilines is 1. The highest BCUT2D eigenvalue weighted by Gasteiger charge is 2.08. The third-order valence-electron chi connectivity index (χ3n) is 3.59. The summed E-state index contributed by atoms with van der Waals surface area (Å²) in [5.74, 6) is 0.609. The molecule has 2 N–H and O–H groups in total. The highest BCUT2D eigenvalue weighted by molar-refractivity contribution is 7.80. The molecule has 0 bridgehead atoms. The molecule has 0 aliphatic heterocycles. The number of hydrogen-bond donors (Lipinski definition) is 2. The molecule has 132 valence electrons. The lowest BCUT2D eigenvalue weighted by Gasteiger charge is -2.12. The normalized spacial score (nSPS) is 10.4. The molecule has 5 heteroatoms. The molecule has 0 saturated heterocycles. The Morgan fingerprint density at radius 2 is 1.76 bits per heavy atom. The van der Waals surface area contributed by atoms with E-state index < -0.39 is 0 Å². The van der Waals surface area contributed by atoms with E-state index in [1.54, 1.807) is 0 Å². The Morgan fingerprint density at radius 1 is 1.08 bits per heavy atom. The number of carbonyl (C=O) groups is 1. The Labute approximate surface area is 154 Å². The highest BCUT2D eigenvalue weighted by atomic mass is 32.1. The van der Waals surface area contributed by atoms with Crippen LogP contribution in [0.4, 0.5) is 5.69 Å². The van der Waals surface area contributed by atoms with E-state index in [9.17, 15) is 4.79 Å². The maximum absolute atomic E-state index is 11.6. The fourth-order valence-corrected chi connectivity index (χ4v) is 2.38. The molecule has 0 saturated carbocycles. The molecule has 0 aromatic heterocycles. The van der Waals surface area contributed by atoms with E-state index >= 15 is 0 Å². The van der Waals surface area contributed by atoms with E-state index in [-0.39, 0.29) is 11.8 Å². The van der Waals surface area contributed by atoms with Crippen molar-refractivity contribution in [3.05, 3.63) is 60.2 Å². The van der Waals surface area contributed by atoms with Gasteiger partial charge in [0.15, 0.2) is 5.11 Å². The number of nitrogens with one attached hydrogen (secondary N) is 2. The van der Waals surface area contributed by atoms with Gasteiger partial charge in [0.05, 0.1) is 6.61 Å². The van der Waals surface area contributed by atoms with Crippen molar-refractivity contribution < 1.29 is 9.53 Å². The van der Waals surface area contributed by atoms with Crippen molar-refractivity contribution in [2.45, 2.75) is 26.7 Å². The maximum atomic E-state index is 11.6. The first kappa shape index (κ1) is 18.9. The zero-order valence-corrected chi connectivity index (χ0v) is 15.4. The van der Waals surface area contributed by atoms with Crippen LogP contribution in [0.2, 0.25) is 0 Å². The van der Waals surface area contributed by atoms with Gasteiger partial charge in [0.2, 0.25) is 5.91 Å². The fraction of sp³-hybridized carbons (Fsp3) is 0.300. The van der Waals surface area contributed by atoms with Crippen LogP contribution < -0.4 is 15.4 Å². The first-order valence-corrected chi connectivity index (χ1v) is 8.84. The van der Waals surface area contributed by atoms with Crippen LogP contribution in [0, 0.1) is 5.92 Å². The highest BCUT2D eigenvalue weighted by Crippen LogP contribution is 2.16. The van der Waals surface area contributed by atoms with Crippen LogP contribution in [0.25, 0.3) is 0 Å². The molecule has 0 aliphatic rings. The van der Waals surface area contributed by atoms with Gasteiger partial charge in [-0.05, 0) is 54.9 Å². The van der Waals surface area contributed by atoms with Crippen molar-refractivity contribution in [2.24, 2.45) is 5.92 Å². The minimum atomic E-state index is -0.105. The second-order valence-electron chi connectivity index (χ2n) is 6.06. The molecule has 2 aromatic carbocycles. The third-order valence-corrected chi connectivity index (χ3v) is 3.80. The zero-order valence-electron chi connectivity index (χ0n) is 14.6. The molecule has 0 unspecified atom stereocenters. The first-order chi connectivity index (χ1) is 12.0. The molecule has 0 heterocycles. The number of thiocarbonyl (C=S) groups is 1. The smallest absolute Gasteiger partial charge is 0.228 e. The van der Waals surface area contributed by atoms with Crippen LogP contribution in [0.15, 0.2) is 54.6 Å². The van der Waals surface area contributed by atoms with E-state index in [2.05, 4.69) is 34.9 Å². The van der Waals surface area contributed by atoms with E-state index in [1.165, 1.54) is 5.56 Å². The number of benzene rings is 2. The van der Waals surface area contributed by atoms with Gasteiger partial charge >= 0.3 is 0 Å². The number of ether oxygens (including phenoxy) is 1. The first-order valence-electron chi connectivity index (χ1n) is 8.43. The van der Waals surface area contributed by atoms with Crippen LogP contribution in [0.3, 0.4) is 0 Å². The van der Waals surface area contributed by atoms with Crippen molar-refractivity contribution in [1.82, 2.24) is 5.32 Å². The average Bonchev–Trinajstić information content (AvgIpc) is 2.61. The minimum absolute atomic E-state index is 0.101. The quantitative estimate of drug-likeness (QED) is 0.577. The second kappa shape index (κ2) is 9.79. The van der Waals surface area contributed by atoms with E-state index in [1.807, 2.05) is 44.2 Å². The average molecular weight is 356 g/mol. The van der Waals surface area contributed by atoms with Gasteiger partial charge in [0.25, 0.3) is 0 Å². The van der Waals surface area contributed by atoms with E-state index in [0.29, 0.717) is 11.7 Å². The predicted octanol–water partition coefficient (Wildman–Crippen LogP) is 4.17. The molecule has 2 aromatic rings. The van der Waals surface area contributed by atoms with Crippen LogP contribution in [-0.4, -0.2) is 17.6 Å². The van der Waals surface area contributed by atoms with Gasteiger partial charge in [-0.3, -0.25) is 4.79 Å². The van der Waals surface area contributed by atoms with Gasteiger partial charge in [-0.2, -0.15) is 0 Å². The van der Waals surface area contributed by atoms with Gasteiger partial charge in [-0.15, -0.1) is 0 Å². The molecule has 0 radical (unpaired) electrons. The Kier molecular flexibility index (Phi) is 7.41. The summed E-state index contributed by atoms with van der Waals surface area (Å²) in [6.07, 6.45) is 1.97. The Balaban J connectivity index is 1.72. The summed E-state index contributed by atoms with van der Waals surface area (Å²) < 4.78 is 5.75. The Bertz CT molecular complexity index is 685. The molecule has 0 aliphatic carbocycles. The summed E-state index contributed by atoms with van der Waals surface area (Å²) >= 11 is 5.12. The molecule has 2 rings (SSSR count). The Hall–Kier alpha value is -2.40. The molecule has 1 amide bonds. The largest absolute Gasteiger partial charge is 0.494 e. The topological polar surface area (TPSA) is 50.4 Å². The van der Waals surface area contributed by atoms with Crippen molar-refractivity contribution in [1.29, 1.82) is 0 Å². The summed E-state index contributed by atoms with van der Waals surface area (Å²) in [6.45, 7) is 4.31. The van der Waals surface area contributed by atoms with Gasteiger partial charge in [0.1, 0.15) is 5.75 Å². The van der Waals surface area contributed by atoms with Crippen LogP contribution in [0.5, 0.6) is 5.75 Å². The van der Waals surface area contributed by atoms with Crippen molar-refractivity contribution in [3.8, 4) is 5.75 Å². The maximum Gasteiger partial charge on any atom is 0.228 e. The summed E-state index contributed by atoms with van der Waals surface area (Å²) in [6, 6.07) is 17.9. The number of amides is 1. The van der Waals surface area contributed by atoms with Crippen LogP contribution in [0.1, 0.15) is 25.8 Å². The molecular weight excluding hydrogens is 332 g/mol. The minimum Gasteiger partial charge on any atom is -0.494 e. The lowest BCUT2D eigenvalue weighted by Crippen LogP contribution is -2.36. The van der Waals surface area contributed by atoms with Crippen LogP contribution >= 0.6 is 12.2 Å². The summed E-state index contributed by atoms with van der Waals surface area (Å²) in [4.78, 5) is 11.6. The number of aryl methyl sites for hydroxylation is 1. The van der Waals surface area contributed by atoms with Gasteiger partial charge in [0, 0.05) is 11.6 Å². The summed E-state index contributed by atoms with van der Waals surface area (Å²) in [5.41, 5.74) is 2.13. The number of hydrogen-bond acceptors (Lipinski definition) is 3. The standard InChI is InChI=1S/C20H24N2O2S/c1-15(2)19(23)22-20(25)21-17-10-12-18(13-11-17)24-14-6-9-16-7-4-3-5-8-16/h3-5,7-8,10-13,15H,6,9,14H2,1-2H3,(H2,21,22,23,25). The van der Waals surface area contributed by atoms with Crippen molar-refractivity contribution >= 4 is 28.9 Å². The lowest BCUT2D eigenvalue weighted by molar-refractivity contribution is -0.122. The Morgan fingerprint density at radius 3 is 2.40 bits per heavy atom. The molecule has 0 spiro atoms. The zero-order chi connectivity index (χ0) is 18.1. The molecule has 25 heavy (non-hydrogen) atoms.